The molecule has 0 unspecified atom stereocenters. The van der Waals surface area contributed by atoms with Crippen LogP contribution in [0.1, 0.15) is 0 Å². The van der Waals surface area contributed by atoms with Crippen LogP contribution in [0.4, 0.5) is 4.39 Å². The summed E-state index contributed by atoms with van der Waals surface area (Å²) in [4.78, 5) is 4.05. The van der Waals surface area contributed by atoms with Crippen LogP contribution in [-0.4, -0.2) is 4.98 Å². The van der Waals surface area contributed by atoms with Gasteiger partial charge in [-0.1, -0.05) is 6.07 Å². The summed E-state index contributed by atoms with van der Waals surface area (Å²) in [6, 6.07) is 4.61. The highest BCUT2D eigenvalue weighted by molar-refractivity contribution is 9.11. The lowest BCUT2D eigenvalue weighted by atomic mass is 10.2. The maximum absolute atomic E-state index is 12.9. The molecule has 0 aliphatic heterocycles. The van der Waals surface area contributed by atoms with Crippen LogP contribution in [0.25, 0.3) is 10.8 Å². The Kier molecular flexibility index (Phi) is 2.34. The Morgan fingerprint density at radius 2 is 1.92 bits per heavy atom. The van der Waals surface area contributed by atoms with Gasteiger partial charge in [0.05, 0.1) is 0 Å². The lowest BCUT2D eigenvalue weighted by Gasteiger charge is -2.01. The van der Waals surface area contributed by atoms with E-state index in [-0.39, 0.29) is 5.82 Å². The van der Waals surface area contributed by atoms with E-state index < -0.39 is 0 Å². The highest BCUT2D eigenvalue weighted by Crippen LogP contribution is 2.28. The average Bonchev–Trinajstić information content (AvgIpc) is 2.12. The van der Waals surface area contributed by atoms with Crippen molar-refractivity contribution in [2.75, 3.05) is 0 Å². The SMILES string of the molecule is Fc1ccc2c(Br)cnc(Br)c2c1. The fraction of sp³-hybridized carbons (Fsp3) is 0. The van der Waals surface area contributed by atoms with Gasteiger partial charge < -0.3 is 0 Å². The van der Waals surface area contributed by atoms with E-state index in [4.69, 9.17) is 0 Å². The van der Waals surface area contributed by atoms with Crippen LogP contribution in [0, 0.1) is 5.82 Å². The first-order valence-electron chi connectivity index (χ1n) is 3.58. The molecular formula is C9H4Br2FN. The number of aromatic nitrogens is 1. The van der Waals surface area contributed by atoms with E-state index in [1.807, 2.05) is 0 Å². The van der Waals surface area contributed by atoms with Crippen LogP contribution in [0.15, 0.2) is 33.5 Å². The summed E-state index contributed by atoms with van der Waals surface area (Å²) in [5.74, 6) is -0.256. The predicted octanol–water partition coefficient (Wildman–Crippen LogP) is 3.90. The van der Waals surface area contributed by atoms with Crippen molar-refractivity contribution in [3.05, 3.63) is 39.3 Å². The second kappa shape index (κ2) is 3.35. The molecule has 0 saturated carbocycles. The maximum atomic E-state index is 12.9. The number of hydrogen-bond acceptors (Lipinski definition) is 1. The lowest BCUT2D eigenvalue weighted by Crippen LogP contribution is -1.82. The third-order valence-corrected chi connectivity index (χ3v) is 3.02. The standard InChI is InChI=1S/C9H4Br2FN/c10-8-4-13-9(11)7-3-5(12)1-2-6(7)8/h1-4H. The Balaban J connectivity index is 2.92. The summed E-state index contributed by atoms with van der Waals surface area (Å²) in [5.41, 5.74) is 0. The molecule has 2 rings (SSSR count). The fourth-order valence-electron chi connectivity index (χ4n) is 1.15. The van der Waals surface area contributed by atoms with Crippen LogP contribution in [0.3, 0.4) is 0 Å². The van der Waals surface area contributed by atoms with Gasteiger partial charge in [-0.15, -0.1) is 0 Å². The second-order valence-corrected chi connectivity index (χ2v) is 4.19. The Labute approximate surface area is 91.2 Å². The minimum Gasteiger partial charge on any atom is -0.248 e. The molecule has 0 atom stereocenters. The number of halogens is 3. The Morgan fingerprint density at radius 3 is 2.69 bits per heavy atom. The van der Waals surface area contributed by atoms with Crippen molar-refractivity contribution in [1.82, 2.24) is 4.98 Å². The smallest absolute Gasteiger partial charge is 0.123 e. The fourth-order valence-corrected chi connectivity index (χ4v) is 2.03. The van der Waals surface area contributed by atoms with Crippen molar-refractivity contribution >= 4 is 42.6 Å². The van der Waals surface area contributed by atoms with Gasteiger partial charge in [-0.05, 0) is 44.0 Å². The lowest BCUT2D eigenvalue weighted by molar-refractivity contribution is 0.629. The first-order chi connectivity index (χ1) is 6.18. The molecule has 0 aliphatic rings. The molecule has 2 aromatic rings. The zero-order valence-electron chi connectivity index (χ0n) is 6.39. The largest absolute Gasteiger partial charge is 0.248 e. The minimum absolute atomic E-state index is 0.256. The number of benzene rings is 1. The molecule has 0 bridgehead atoms. The Hall–Kier alpha value is -0.480. The number of nitrogens with zero attached hydrogens (tertiary/aromatic N) is 1. The van der Waals surface area contributed by atoms with E-state index in [0.717, 1.165) is 15.2 Å². The van der Waals surface area contributed by atoms with Crippen molar-refractivity contribution in [1.29, 1.82) is 0 Å². The molecule has 1 heterocycles. The van der Waals surface area contributed by atoms with Gasteiger partial charge in [-0.2, -0.15) is 0 Å². The molecule has 0 N–H and O–H groups in total. The van der Waals surface area contributed by atoms with Gasteiger partial charge in [0.15, 0.2) is 0 Å². The summed E-state index contributed by atoms with van der Waals surface area (Å²) >= 11 is 6.62. The molecule has 0 radical (unpaired) electrons. The molecule has 0 fully saturated rings. The van der Waals surface area contributed by atoms with Crippen molar-refractivity contribution in [3.8, 4) is 0 Å². The first-order valence-corrected chi connectivity index (χ1v) is 5.16. The van der Waals surface area contributed by atoms with E-state index in [1.54, 1.807) is 12.3 Å². The number of rotatable bonds is 0. The summed E-state index contributed by atoms with van der Waals surface area (Å²) in [5, 5.41) is 1.72. The normalized spacial score (nSPS) is 10.7. The van der Waals surface area contributed by atoms with Gasteiger partial charge in [-0.25, -0.2) is 9.37 Å². The molecule has 4 heteroatoms. The van der Waals surface area contributed by atoms with Gasteiger partial charge in [0.1, 0.15) is 10.4 Å². The van der Waals surface area contributed by atoms with Gasteiger partial charge in [0.25, 0.3) is 0 Å². The van der Waals surface area contributed by atoms with Gasteiger partial charge >= 0.3 is 0 Å². The first kappa shape index (κ1) is 9.09. The van der Waals surface area contributed by atoms with Crippen LogP contribution >= 0.6 is 31.9 Å². The van der Waals surface area contributed by atoms with E-state index in [2.05, 4.69) is 36.8 Å². The zero-order valence-corrected chi connectivity index (χ0v) is 9.56. The van der Waals surface area contributed by atoms with Crippen molar-refractivity contribution in [2.24, 2.45) is 0 Å². The zero-order chi connectivity index (χ0) is 9.42. The summed E-state index contributed by atoms with van der Waals surface area (Å²) in [6.07, 6.45) is 1.68. The van der Waals surface area contributed by atoms with Crippen LogP contribution < -0.4 is 0 Å². The van der Waals surface area contributed by atoms with Gasteiger partial charge in [-0.3, -0.25) is 0 Å². The number of pyridine rings is 1. The molecule has 66 valence electrons. The summed E-state index contributed by atoms with van der Waals surface area (Å²) < 4.78 is 14.4. The third kappa shape index (κ3) is 1.60. The Morgan fingerprint density at radius 1 is 1.15 bits per heavy atom. The molecule has 0 spiro atoms. The highest BCUT2D eigenvalue weighted by Gasteiger charge is 2.04. The quantitative estimate of drug-likeness (QED) is 0.673. The maximum Gasteiger partial charge on any atom is 0.123 e. The molecule has 13 heavy (non-hydrogen) atoms. The monoisotopic (exact) mass is 303 g/mol. The molecule has 1 aromatic carbocycles. The third-order valence-electron chi connectivity index (χ3n) is 1.75. The minimum atomic E-state index is -0.256. The molecule has 0 aliphatic carbocycles. The number of hydrogen-bond donors (Lipinski definition) is 0. The van der Waals surface area contributed by atoms with Crippen LogP contribution in [-0.2, 0) is 0 Å². The molecule has 0 saturated heterocycles. The van der Waals surface area contributed by atoms with Gasteiger partial charge in [0.2, 0.25) is 0 Å². The van der Waals surface area contributed by atoms with Crippen molar-refractivity contribution < 1.29 is 4.39 Å². The highest BCUT2D eigenvalue weighted by atomic mass is 79.9. The molecule has 1 aromatic heterocycles. The topological polar surface area (TPSA) is 12.9 Å². The Bertz CT molecular complexity index is 470. The number of fused-ring (bicyclic) bond motifs is 1. The van der Waals surface area contributed by atoms with Crippen LogP contribution in [0.5, 0.6) is 0 Å². The molecular weight excluding hydrogens is 301 g/mol. The van der Waals surface area contributed by atoms with Crippen molar-refractivity contribution in [3.63, 3.8) is 0 Å². The van der Waals surface area contributed by atoms with E-state index in [9.17, 15) is 4.39 Å². The van der Waals surface area contributed by atoms with E-state index in [1.165, 1.54) is 12.1 Å². The van der Waals surface area contributed by atoms with Crippen LogP contribution in [0.2, 0.25) is 0 Å². The summed E-state index contributed by atoms with van der Waals surface area (Å²) in [6.45, 7) is 0. The molecule has 0 amide bonds. The van der Waals surface area contributed by atoms with E-state index in [0.29, 0.717) is 4.60 Å². The van der Waals surface area contributed by atoms with E-state index >= 15 is 0 Å². The molecule has 1 nitrogen and oxygen atoms in total. The van der Waals surface area contributed by atoms with Gasteiger partial charge in [0, 0.05) is 21.4 Å². The van der Waals surface area contributed by atoms with Crippen molar-refractivity contribution in [2.45, 2.75) is 0 Å². The second-order valence-electron chi connectivity index (χ2n) is 2.59. The average molecular weight is 305 g/mol. The summed E-state index contributed by atoms with van der Waals surface area (Å²) in [7, 11) is 0. The predicted molar refractivity (Wildman–Crippen MR) is 57.1 cm³/mol.